The Kier molecular flexibility index (Phi) is 4.32. The molecule has 0 atom stereocenters. The van der Waals surface area contributed by atoms with Crippen molar-refractivity contribution in [1.82, 2.24) is 20.0 Å². The minimum atomic E-state index is -0.311. The van der Waals surface area contributed by atoms with Gasteiger partial charge in [-0.1, -0.05) is 19.9 Å². The van der Waals surface area contributed by atoms with E-state index in [0.29, 0.717) is 17.7 Å². The number of nitrogens with zero attached hydrogens (tertiary/aromatic N) is 2. The van der Waals surface area contributed by atoms with Crippen molar-refractivity contribution < 1.29 is 9.59 Å². The van der Waals surface area contributed by atoms with E-state index >= 15 is 0 Å². The fourth-order valence-corrected chi connectivity index (χ4v) is 2.53. The van der Waals surface area contributed by atoms with Gasteiger partial charge in [-0.2, -0.15) is 0 Å². The molecule has 1 aliphatic rings. The van der Waals surface area contributed by atoms with Gasteiger partial charge in [-0.15, -0.1) is 0 Å². The van der Waals surface area contributed by atoms with Crippen molar-refractivity contribution in [2.24, 2.45) is 5.92 Å². The second kappa shape index (κ2) is 6.40. The Morgan fingerprint density at radius 2 is 2.13 bits per heavy atom. The van der Waals surface area contributed by atoms with Crippen LogP contribution in [0.1, 0.15) is 43.0 Å². The highest BCUT2D eigenvalue weighted by Gasteiger charge is 2.24. The van der Waals surface area contributed by atoms with Crippen LogP contribution in [0.4, 0.5) is 0 Å². The summed E-state index contributed by atoms with van der Waals surface area (Å²) in [6.07, 6.45) is 4.77. The van der Waals surface area contributed by atoms with Crippen molar-refractivity contribution in [2.75, 3.05) is 6.54 Å². The molecule has 0 bridgehead atoms. The minimum absolute atomic E-state index is 0.0132. The summed E-state index contributed by atoms with van der Waals surface area (Å²) in [5, 5.41) is 5.51. The van der Waals surface area contributed by atoms with Crippen molar-refractivity contribution in [2.45, 2.75) is 39.2 Å². The number of imidazole rings is 1. The van der Waals surface area contributed by atoms with Crippen LogP contribution in [0.5, 0.6) is 0 Å². The lowest BCUT2D eigenvalue weighted by atomic mass is 10.1. The lowest BCUT2D eigenvalue weighted by molar-refractivity contribution is -0.120. The van der Waals surface area contributed by atoms with Crippen LogP contribution in [-0.2, 0) is 11.2 Å². The zero-order valence-electron chi connectivity index (χ0n) is 13.5. The van der Waals surface area contributed by atoms with E-state index in [4.69, 9.17) is 0 Å². The molecule has 2 amide bonds. The summed E-state index contributed by atoms with van der Waals surface area (Å²) >= 11 is 0. The van der Waals surface area contributed by atoms with E-state index in [1.165, 1.54) is 0 Å². The lowest BCUT2D eigenvalue weighted by Crippen LogP contribution is -2.38. The van der Waals surface area contributed by atoms with Gasteiger partial charge in [0.05, 0.1) is 12.1 Å². The summed E-state index contributed by atoms with van der Waals surface area (Å²) in [5.41, 5.74) is 1.14. The third-order valence-corrected chi connectivity index (χ3v) is 3.78. The van der Waals surface area contributed by atoms with Gasteiger partial charge in [-0.3, -0.25) is 9.59 Å². The quantitative estimate of drug-likeness (QED) is 0.849. The number of amides is 2. The topological polar surface area (TPSA) is 75.5 Å². The molecule has 0 unspecified atom stereocenters. The maximum absolute atomic E-state index is 12.4. The average Bonchev–Trinajstić information content (AvgIpc) is 3.25. The van der Waals surface area contributed by atoms with Crippen molar-refractivity contribution in [3.8, 4) is 0 Å². The van der Waals surface area contributed by atoms with Crippen LogP contribution in [0, 0.1) is 5.92 Å². The minimum Gasteiger partial charge on any atom is -0.352 e. The molecule has 3 rings (SSSR count). The highest BCUT2D eigenvalue weighted by atomic mass is 16.2. The molecule has 6 heteroatoms. The number of pyridine rings is 1. The lowest BCUT2D eigenvalue weighted by Gasteiger charge is -2.04. The van der Waals surface area contributed by atoms with E-state index in [1.54, 1.807) is 0 Å². The fourth-order valence-electron chi connectivity index (χ4n) is 2.53. The Balaban J connectivity index is 1.75. The Morgan fingerprint density at radius 1 is 1.35 bits per heavy atom. The Morgan fingerprint density at radius 3 is 2.83 bits per heavy atom. The van der Waals surface area contributed by atoms with Gasteiger partial charge in [-0.25, -0.2) is 4.98 Å². The second-order valence-corrected chi connectivity index (χ2v) is 6.45. The van der Waals surface area contributed by atoms with Crippen LogP contribution >= 0.6 is 0 Å². The average molecular weight is 314 g/mol. The number of aromatic nitrogens is 2. The van der Waals surface area contributed by atoms with Crippen molar-refractivity contribution in [1.29, 1.82) is 0 Å². The number of nitrogens with one attached hydrogen (secondary N) is 2. The van der Waals surface area contributed by atoms with Gasteiger partial charge >= 0.3 is 0 Å². The van der Waals surface area contributed by atoms with E-state index in [0.717, 1.165) is 30.6 Å². The number of carbonyl (C=O) groups is 2. The van der Waals surface area contributed by atoms with Gasteiger partial charge in [0.2, 0.25) is 5.91 Å². The third-order valence-electron chi connectivity index (χ3n) is 3.78. The highest BCUT2D eigenvalue weighted by molar-refractivity contribution is 6.00. The van der Waals surface area contributed by atoms with E-state index in [2.05, 4.69) is 29.5 Å². The van der Waals surface area contributed by atoms with Crippen LogP contribution < -0.4 is 10.6 Å². The molecule has 2 aromatic rings. The van der Waals surface area contributed by atoms with E-state index in [-0.39, 0.29) is 18.4 Å². The van der Waals surface area contributed by atoms with Crippen LogP contribution in [0.3, 0.4) is 0 Å². The van der Waals surface area contributed by atoms with Crippen molar-refractivity contribution >= 4 is 17.3 Å². The first-order chi connectivity index (χ1) is 11.0. The molecule has 2 aromatic heterocycles. The molecule has 1 fully saturated rings. The molecule has 0 radical (unpaired) electrons. The van der Waals surface area contributed by atoms with Gasteiger partial charge in [0.15, 0.2) is 5.69 Å². The van der Waals surface area contributed by atoms with E-state index in [1.807, 2.05) is 28.8 Å². The van der Waals surface area contributed by atoms with Crippen molar-refractivity contribution in [3.63, 3.8) is 0 Å². The maximum atomic E-state index is 12.4. The van der Waals surface area contributed by atoms with Crippen LogP contribution in [0.2, 0.25) is 0 Å². The van der Waals surface area contributed by atoms with E-state index in [9.17, 15) is 9.59 Å². The molecule has 23 heavy (non-hydrogen) atoms. The Bertz CT molecular complexity index is 731. The molecule has 0 aliphatic heterocycles. The number of carbonyl (C=O) groups excluding carboxylic acids is 2. The number of hydrogen-bond donors (Lipinski definition) is 2. The molecule has 2 N–H and O–H groups in total. The fraction of sp³-hybridized carbons (Fsp3) is 0.471. The van der Waals surface area contributed by atoms with Gasteiger partial charge in [0.25, 0.3) is 5.91 Å². The molecular formula is C17H22N4O2. The zero-order chi connectivity index (χ0) is 16.4. The molecule has 0 spiro atoms. The van der Waals surface area contributed by atoms with Gasteiger partial charge in [0, 0.05) is 18.7 Å². The predicted molar refractivity (Wildman–Crippen MR) is 87.2 cm³/mol. The number of fused-ring (bicyclic) bond motifs is 1. The summed E-state index contributed by atoms with van der Waals surface area (Å²) in [6.45, 7) is 4.22. The van der Waals surface area contributed by atoms with Gasteiger partial charge in [0.1, 0.15) is 5.82 Å². The van der Waals surface area contributed by atoms with Crippen molar-refractivity contribution in [3.05, 3.63) is 35.9 Å². The van der Waals surface area contributed by atoms with E-state index < -0.39 is 0 Å². The molecular weight excluding hydrogens is 292 g/mol. The maximum Gasteiger partial charge on any atom is 0.272 e. The normalized spacial score (nSPS) is 14.2. The molecule has 0 saturated heterocycles. The van der Waals surface area contributed by atoms with Crippen LogP contribution in [-0.4, -0.2) is 33.8 Å². The SMILES string of the molecule is CC(C)Cc1nc(C(=O)NCC(=O)NC2CC2)c2ccccn12. The third kappa shape index (κ3) is 3.70. The smallest absolute Gasteiger partial charge is 0.272 e. The van der Waals surface area contributed by atoms with Crippen LogP contribution in [0.25, 0.3) is 5.52 Å². The second-order valence-electron chi connectivity index (χ2n) is 6.45. The summed E-state index contributed by atoms with van der Waals surface area (Å²) in [6, 6.07) is 5.97. The zero-order valence-corrected chi connectivity index (χ0v) is 13.5. The first-order valence-electron chi connectivity index (χ1n) is 8.08. The predicted octanol–water partition coefficient (Wildman–Crippen LogP) is 1.54. The molecule has 6 nitrogen and oxygen atoms in total. The number of hydrogen-bond acceptors (Lipinski definition) is 3. The standard InChI is InChI=1S/C17H22N4O2/c1-11(2)9-14-20-16(13-5-3-4-8-21(13)14)17(23)18-10-15(22)19-12-6-7-12/h3-5,8,11-12H,6-7,9-10H2,1-2H3,(H,18,23)(H,19,22). The highest BCUT2D eigenvalue weighted by Crippen LogP contribution is 2.18. The largest absolute Gasteiger partial charge is 0.352 e. The number of rotatable bonds is 6. The van der Waals surface area contributed by atoms with Crippen LogP contribution in [0.15, 0.2) is 24.4 Å². The van der Waals surface area contributed by atoms with Gasteiger partial charge in [-0.05, 0) is 30.9 Å². The molecule has 122 valence electrons. The monoisotopic (exact) mass is 314 g/mol. The Hall–Kier alpha value is -2.37. The first-order valence-corrected chi connectivity index (χ1v) is 8.08. The molecule has 1 aliphatic carbocycles. The first kappa shape index (κ1) is 15.5. The molecule has 1 saturated carbocycles. The molecule has 0 aromatic carbocycles. The van der Waals surface area contributed by atoms with Gasteiger partial charge < -0.3 is 15.0 Å². The summed E-state index contributed by atoms with van der Waals surface area (Å²) < 4.78 is 1.94. The summed E-state index contributed by atoms with van der Waals surface area (Å²) in [5.74, 6) is 0.852. The summed E-state index contributed by atoms with van der Waals surface area (Å²) in [4.78, 5) is 28.6. The Labute approximate surface area is 135 Å². The molecule has 2 heterocycles. The summed E-state index contributed by atoms with van der Waals surface area (Å²) in [7, 11) is 0.